The number of anilines is 1. The van der Waals surface area contributed by atoms with E-state index in [1.807, 2.05) is 0 Å². The van der Waals surface area contributed by atoms with Crippen molar-refractivity contribution in [3.05, 3.63) is 28.2 Å². The first-order valence-electron chi connectivity index (χ1n) is 8.81. The lowest BCUT2D eigenvalue weighted by atomic mass is 10.0. The molecule has 25 heavy (non-hydrogen) atoms. The molecule has 1 aromatic rings. The molecule has 3 rings (SSSR count). The topological polar surface area (TPSA) is 44.4 Å². The van der Waals surface area contributed by atoms with Crippen LogP contribution in [-0.4, -0.2) is 43.0 Å². The van der Waals surface area contributed by atoms with Crippen molar-refractivity contribution in [3.8, 4) is 0 Å². The third kappa shape index (κ3) is 6.95. The van der Waals surface area contributed by atoms with Crippen molar-refractivity contribution in [2.45, 2.75) is 38.1 Å². The summed E-state index contributed by atoms with van der Waals surface area (Å²) in [6.07, 6.45) is 5.63. The normalized spacial score (nSPS) is 18.6. The van der Waals surface area contributed by atoms with Crippen LogP contribution in [-0.2, 0) is 4.79 Å². The molecule has 2 fully saturated rings. The van der Waals surface area contributed by atoms with E-state index in [0.29, 0.717) is 28.2 Å². The maximum absolute atomic E-state index is 12.1. The number of hydrogen-bond acceptors (Lipinski definition) is 3. The maximum atomic E-state index is 12.1. The lowest BCUT2D eigenvalue weighted by Gasteiger charge is -2.32. The Hall–Kier alpha value is -0.520. The third-order valence-corrected chi connectivity index (χ3v) is 5.40. The molecule has 0 radical (unpaired) electrons. The Balaban J connectivity index is 0.00000225. The molecule has 1 aromatic carbocycles. The van der Waals surface area contributed by atoms with Crippen molar-refractivity contribution in [1.29, 1.82) is 0 Å². The Kier molecular flexibility index (Phi) is 8.30. The van der Waals surface area contributed by atoms with Gasteiger partial charge in [0.1, 0.15) is 0 Å². The first-order chi connectivity index (χ1) is 11.6. The molecule has 0 atom stereocenters. The molecule has 0 bridgehead atoms. The molecule has 7 heteroatoms. The summed E-state index contributed by atoms with van der Waals surface area (Å²) in [5.41, 5.74) is 0.581. The van der Waals surface area contributed by atoms with Crippen molar-refractivity contribution in [2.75, 3.05) is 31.5 Å². The van der Waals surface area contributed by atoms with Crippen LogP contribution in [0.1, 0.15) is 32.1 Å². The summed E-state index contributed by atoms with van der Waals surface area (Å²) < 4.78 is 0. The van der Waals surface area contributed by atoms with Crippen molar-refractivity contribution < 1.29 is 4.79 Å². The fourth-order valence-electron chi connectivity index (χ4n) is 3.08. The minimum absolute atomic E-state index is 0. The molecule has 1 saturated carbocycles. The Bertz CT molecular complexity index is 573. The molecule has 1 aliphatic carbocycles. The Morgan fingerprint density at radius 3 is 2.56 bits per heavy atom. The van der Waals surface area contributed by atoms with Crippen molar-refractivity contribution >= 4 is 47.2 Å². The van der Waals surface area contributed by atoms with Gasteiger partial charge in [0.05, 0.1) is 10.7 Å². The van der Waals surface area contributed by atoms with Gasteiger partial charge >= 0.3 is 0 Å². The molecule has 0 unspecified atom stereocenters. The average Bonchev–Trinajstić information content (AvgIpc) is 3.40. The van der Waals surface area contributed by atoms with E-state index in [9.17, 15) is 4.79 Å². The van der Waals surface area contributed by atoms with Gasteiger partial charge in [0, 0.05) is 24.0 Å². The van der Waals surface area contributed by atoms with Gasteiger partial charge in [-0.2, -0.15) is 0 Å². The van der Waals surface area contributed by atoms with Crippen LogP contribution in [0.3, 0.4) is 0 Å². The Morgan fingerprint density at radius 2 is 1.88 bits per heavy atom. The van der Waals surface area contributed by atoms with Crippen LogP contribution in [0.2, 0.25) is 10.0 Å². The summed E-state index contributed by atoms with van der Waals surface area (Å²) in [6.45, 7) is 4.11. The van der Waals surface area contributed by atoms with Crippen molar-refractivity contribution in [3.63, 3.8) is 0 Å². The molecular formula is C18H26Cl3N3O. The second-order valence-corrected chi connectivity index (χ2v) is 7.73. The summed E-state index contributed by atoms with van der Waals surface area (Å²) in [7, 11) is 0. The molecule has 1 saturated heterocycles. The number of piperidine rings is 1. The number of rotatable bonds is 7. The summed E-state index contributed by atoms with van der Waals surface area (Å²) in [5.74, 6) is 0.915. The van der Waals surface area contributed by atoms with E-state index in [0.717, 1.165) is 25.6 Å². The van der Waals surface area contributed by atoms with E-state index >= 15 is 0 Å². The Morgan fingerprint density at radius 1 is 1.16 bits per heavy atom. The summed E-state index contributed by atoms with van der Waals surface area (Å²) in [5, 5.41) is 7.60. The third-order valence-electron chi connectivity index (χ3n) is 4.84. The molecule has 4 nitrogen and oxygen atoms in total. The van der Waals surface area contributed by atoms with Gasteiger partial charge in [-0.25, -0.2) is 0 Å². The number of carbonyl (C=O) groups excluding carboxylic acids is 1. The van der Waals surface area contributed by atoms with Crippen LogP contribution in [0.5, 0.6) is 0 Å². The highest BCUT2D eigenvalue weighted by Gasteiger charge is 2.24. The van der Waals surface area contributed by atoms with E-state index in [1.54, 1.807) is 18.2 Å². The molecule has 0 spiro atoms. The highest BCUT2D eigenvalue weighted by Crippen LogP contribution is 2.28. The van der Waals surface area contributed by atoms with Gasteiger partial charge in [0.2, 0.25) is 5.91 Å². The van der Waals surface area contributed by atoms with Gasteiger partial charge in [-0.3, -0.25) is 4.79 Å². The van der Waals surface area contributed by atoms with Gasteiger partial charge in [0.15, 0.2) is 0 Å². The van der Waals surface area contributed by atoms with E-state index in [1.165, 1.54) is 32.2 Å². The van der Waals surface area contributed by atoms with Crippen molar-refractivity contribution in [1.82, 2.24) is 10.2 Å². The van der Waals surface area contributed by atoms with Crippen LogP contribution < -0.4 is 10.6 Å². The average molecular weight is 407 g/mol. The Labute approximate surface area is 166 Å². The zero-order valence-corrected chi connectivity index (χ0v) is 16.6. The fraction of sp³-hybridized carbons (Fsp3) is 0.611. The number of benzene rings is 1. The first-order valence-corrected chi connectivity index (χ1v) is 9.56. The number of nitrogens with zero attached hydrogens (tertiary/aromatic N) is 1. The highest BCUT2D eigenvalue weighted by molar-refractivity contribution is 6.35. The van der Waals surface area contributed by atoms with Crippen LogP contribution in [0.25, 0.3) is 0 Å². The van der Waals surface area contributed by atoms with Gasteiger partial charge in [-0.1, -0.05) is 23.2 Å². The molecular weight excluding hydrogens is 381 g/mol. The van der Waals surface area contributed by atoms with Gasteiger partial charge in [0.25, 0.3) is 0 Å². The number of hydrogen-bond donors (Lipinski definition) is 2. The zero-order valence-electron chi connectivity index (χ0n) is 14.3. The van der Waals surface area contributed by atoms with Crippen LogP contribution >= 0.6 is 35.6 Å². The number of amides is 1. The number of halogens is 3. The predicted octanol–water partition coefficient (Wildman–Crippen LogP) is 4.21. The lowest BCUT2D eigenvalue weighted by Crippen LogP contribution is -2.43. The van der Waals surface area contributed by atoms with Gasteiger partial charge in [-0.15, -0.1) is 12.4 Å². The predicted molar refractivity (Wildman–Crippen MR) is 107 cm³/mol. The minimum Gasteiger partial charge on any atom is -0.325 e. The monoisotopic (exact) mass is 405 g/mol. The molecule has 2 aliphatic rings. The molecule has 0 aromatic heterocycles. The van der Waals surface area contributed by atoms with E-state index < -0.39 is 0 Å². The van der Waals surface area contributed by atoms with Gasteiger partial charge < -0.3 is 15.5 Å². The maximum Gasteiger partial charge on any atom is 0.225 e. The van der Waals surface area contributed by atoms with E-state index in [2.05, 4.69) is 15.5 Å². The lowest BCUT2D eigenvalue weighted by molar-refractivity contribution is -0.116. The standard InChI is InChI=1S/C18H25Cl2N3O.ClH/c19-14-3-4-16(20)17(11-14)22-18(24)7-10-23-8-5-15(6-9-23)21-12-13-1-2-13;/h3-4,11,13,15,21H,1-2,5-10,12H2,(H,22,24);1H. The summed E-state index contributed by atoms with van der Waals surface area (Å²) >= 11 is 12.0. The van der Waals surface area contributed by atoms with Crippen molar-refractivity contribution in [2.24, 2.45) is 5.92 Å². The molecule has 2 N–H and O–H groups in total. The molecule has 1 amide bonds. The smallest absolute Gasteiger partial charge is 0.225 e. The summed E-state index contributed by atoms with van der Waals surface area (Å²) in [4.78, 5) is 14.5. The van der Waals surface area contributed by atoms with E-state index in [-0.39, 0.29) is 18.3 Å². The molecule has 1 heterocycles. The van der Waals surface area contributed by atoms with Crippen LogP contribution in [0.15, 0.2) is 18.2 Å². The highest BCUT2D eigenvalue weighted by atomic mass is 35.5. The quantitative estimate of drug-likeness (QED) is 0.713. The number of carbonyl (C=O) groups is 1. The SMILES string of the molecule is Cl.O=C(CCN1CCC(NCC2CC2)CC1)Nc1cc(Cl)ccc1Cl. The fourth-order valence-corrected chi connectivity index (χ4v) is 3.42. The first kappa shape index (κ1) is 20.8. The number of nitrogens with one attached hydrogen (secondary N) is 2. The van der Waals surface area contributed by atoms with Crippen LogP contribution in [0.4, 0.5) is 5.69 Å². The number of likely N-dealkylation sites (tertiary alicyclic amines) is 1. The minimum atomic E-state index is -0.0202. The second kappa shape index (κ2) is 9.98. The largest absolute Gasteiger partial charge is 0.325 e. The van der Waals surface area contributed by atoms with Gasteiger partial charge in [-0.05, 0) is 69.4 Å². The zero-order chi connectivity index (χ0) is 16.9. The summed E-state index contributed by atoms with van der Waals surface area (Å²) in [6, 6.07) is 5.74. The molecule has 1 aliphatic heterocycles. The molecule has 140 valence electrons. The second-order valence-electron chi connectivity index (χ2n) is 6.89. The van der Waals surface area contributed by atoms with E-state index in [4.69, 9.17) is 23.2 Å². The van der Waals surface area contributed by atoms with Crippen LogP contribution in [0, 0.1) is 5.92 Å².